The molecule has 2 fully saturated rings. The van der Waals surface area contributed by atoms with E-state index < -0.39 is 5.54 Å². The molecule has 6 nitrogen and oxygen atoms in total. The normalized spacial score (nSPS) is 23.8. The van der Waals surface area contributed by atoms with Crippen molar-refractivity contribution in [1.82, 2.24) is 10.2 Å². The first-order chi connectivity index (χ1) is 14.4. The predicted molar refractivity (Wildman–Crippen MR) is 112 cm³/mol. The van der Waals surface area contributed by atoms with Gasteiger partial charge in [-0.05, 0) is 68.7 Å². The van der Waals surface area contributed by atoms with E-state index in [1.807, 2.05) is 7.05 Å². The van der Waals surface area contributed by atoms with Crippen molar-refractivity contribution in [2.45, 2.75) is 69.4 Å². The number of benzene rings is 1. The van der Waals surface area contributed by atoms with Gasteiger partial charge in [-0.25, -0.2) is 4.39 Å². The van der Waals surface area contributed by atoms with Gasteiger partial charge in [-0.1, -0.05) is 0 Å². The number of halogens is 1. The lowest BCUT2D eigenvalue weighted by molar-refractivity contribution is -0.131. The highest BCUT2D eigenvalue weighted by Gasteiger charge is 2.38. The molecule has 166 valence electrons. The van der Waals surface area contributed by atoms with Gasteiger partial charge in [0.15, 0.2) is 0 Å². The van der Waals surface area contributed by atoms with Crippen LogP contribution in [0, 0.1) is 5.82 Å². The zero-order chi connectivity index (χ0) is 21.6. The van der Waals surface area contributed by atoms with Crippen LogP contribution in [0.25, 0.3) is 0 Å². The summed E-state index contributed by atoms with van der Waals surface area (Å²) in [4.78, 5) is 26.4. The summed E-state index contributed by atoms with van der Waals surface area (Å²) < 4.78 is 25.3. The number of nitrogens with one attached hydrogen (secondary N) is 1. The Balaban J connectivity index is 1.58. The summed E-state index contributed by atoms with van der Waals surface area (Å²) in [6.07, 6.45) is 6.58. The molecule has 0 bridgehead atoms. The SMILES string of the molecule is COc1ccc(F)c(C[C@@]2(CCC(=O)N(C)CC[C@H]3CCCCO3)CCC(=O)N2)c1. The first-order valence-electron chi connectivity index (χ1n) is 10.9. The second kappa shape index (κ2) is 10.2. The fourth-order valence-electron chi connectivity index (χ4n) is 4.39. The van der Waals surface area contributed by atoms with Crippen LogP contribution >= 0.6 is 0 Å². The molecule has 2 atom stereocenters. The molecule has 0 radical (unpaired) electrons. The average molecular weight is 421 g/mol. The van der Waals surface area contributed by atoms with Gasteiger partial charge in [0.05, 0.1) is 13.2 Å². The number of carbonyl (C=O) groups is 2. The first-order valence-corrected chi connectivity index (χ1v) is 10.9. The van der Waals surface area contributed by atoms with Crippen LogP contribution in [0.15, 0.2) is 18.2 Å². The molecule has 2 aliphatic heterocycles. The van der Waals surface area contributed by atoms with Crippen LogP contribution in [0.5, 0.6) is 5.75 Å². The Bertz CT molecular complexity index is 751. The zero-order valence-corrected chi connectivity index (χ0v) is 18.0. The van der Waals surface area contributed by atoms with E-state index in [1.54, 1.807) is 17.0 Å². The van der Waals surface area contributed by atoms with Crippen molar-refractivity contribution in [3.8, 4) is 5.75 Å². The third kappa shape index (κ3) is 5.94. The van der Waals surface area contributed by atoms with Crippen LogP contribution in [0.3, 0.4) is 0 Å². The van der Waals surface area contributed by atoms with E-state index in [4.69, 9.17) is 9.47 Å². The number of methoxy groups -OCH3 is 1. The molecule has 2 aliphatic rings. The maximum atomic E-state index is 14.4. The summed E-state index contributed by atoms with van der Waals surface area (Å²) in [7, 11) is 3.35. The third-order valence-electron chi connectivity index (χ3n) is 6.32. The first kappa shape index (κ1) is 22.5. The van der Waals surface area contributed by atoms with E-state index in [1.165, 1.54) is 19.6 Å². The molecule has 0 saturated carbocycles. The van der Waals surface area contributed by atoms with E-state index in [9.17, 15) is 14.0 Å². The van der Waals surface area contributed by atoms with Crippen LogP contribution in [0.1, 0.15) is 56.9 Å². The Morgan fingerprint density at radius 3 is 2.90 bits per heavy atom. The molecule has 0 aromatic heterocycles. The minimum absolute atomic E-state index is 0.0393. The van der Waals surface area contributed by atoms with Crippen LogP contribution < -0.4 is 10.1 Å². The Morgan fingerprint density at radius 2 is 2.23 bits per heavy atom. The van der Waals surface area contributed by atoms with Crippen LogP contribution in [0.4, 0.5) is 4.39 Å². The standard InChI is InChI=1S/C23H33FN2O4/c1-26(13-10-18-5-3-4-14-30-18)22(28)9-12-23(11-8-21(27)25-23)16-17-15-19(29-2)6-7-20(17)24/h6-7,15,18H,3-5,8-14,16H2,1-2H3,(H,25,27)/t18-,23+/m1/s1. The molecule has 0 aliphatic carbocycles. The molecule has 7 heteroatoms. The van der Waals surface area contributed by atoms with Crippen molar-refractivity contribution in [1.29, 1.82) is 0 Å². The van der Waals surface area contributed by atoms with Crippen molar-refractivity contribution < 1.29 is 23.5 Å². The molecule has 30 heavy (non-hydrogen) atoms. The fourth-order valence-corrected chi connectivity index (χ4v) is 4.39. The highest BCUT2D eigenvalue weighted by molar-refractivity contribution is 5.80. The van der Waals surface area contributed by atoms with Crippen molar-refractivity contribution in [2.24, 2.45) is 0 Å². The van der Waals surface area contributed by atoms with Gasteiger partial charge >= 0.3 is 0 Å². The van der Waals surface area contributed by atoms with Crippen molar-refractivity contribution in [3.05, 3.63) is 29.6 Å². The lowest BCUT2D eigenvalue weighted by atomic mass is 9.84. The average Bonchev–Trinajstić information content (AvgIpc) is 3.13. The molecule has 3 rings (SSSR count). The molecule has 1 aromatic carbocycles. The molecule has 1 aromatic rings. The van der Waals surface area contributed by atoms with E-state index in [-0.39, 0.29) is 23.7 Å². The Labute approximate surface area is 178 Å². The second-order valence-electron chi connectivity index (χ2n) is 8.56. The van der Waals surface area contributed by atoms with E-state index in [0.717, 1.165) is 25.9 Å². The molecular weight excluding hydrogens is 387 g/mol. The number of hydrogen-bond donors (Lipinski definition) is 1. The Hall–Kier alpha value is -2.15. The van der Waals surface area contributed by atoms with Crippen LogP contribution in [-0.2, 0) is 20.7 Å². The lowest BCUT2D eigenvalue weighted by Crippen LogP contribution is -2.45. The minimum Gasteiger partial charge on any atom is -0.497 e. The molecule has 2 saturated heterocycles. The van der Waals surface area contributed by atoms with E-state index >= 15 is 0 Å². The number of ether oxygens (including phenoxy) is 2. The molecule has 0 spiro atoms. The lowest BCUT2D eigenvalue weighted by Gasteiger charge is -2.31. The number of carbonyl (C=O) groups excluding carboxylic acids is 2. The number of amides is 2. The topological polar surface area (TPSA) is 67.9 Å². The monoisotopic (exact) mass is 420 g/mol. The number of rotatable bonds is 9. The van der Waals surface area contributed by atoms with Gasteiger partial charge in [0.1, 0.15) is 11.6 Å². The molecule has 0 unspecified atom stereocenters. The summed E-state index contributed by atoms with van der Waals surface area (Å²) in [5.74, 6) is 0.241. The van der Waals surface area contributed by atoms with Gasteiger partial charge in [-0.3, -0.25) is 9.59 Å². The largest absolute Gasteiger partial charge is 0.497 e. The number of nitrogens with zero attached hydrogens (tertiary/aromatic N) is 1. The maximum Gasteiger partial charge on any atom is 0.222 e. The molecule has 1 N–H and O–H groups in total. The van der Waals surface area contributed by atoms with Crippen molar-refractivity contribution in [2.75, 3.05) is 27.3 Å². The Morgan fingerprint density at radius 1 is 1.40 bits per heavy atom. The van der Waals surface area contributed by atoms with E-state index in [2.05, 4.69) is 5.32 Å². The smallest absolute Gasteiger partial charge is 0.222 e. The zero-order valence-electron chi connectivity index (χ0n) is 18.0. The van der Waals surface area contributed by atoms with Crippen molar-refractivity contribution >= 4 is 11.8 Å². The summed E-state index contributed by atoms with van der Waals surface area (Å²) >= 11 is 0. The summed E-state index contributed by atoms with van der Waals surface area (Å²) in [6, 6.07) is 4.62. The van der Waals surface area contributed by atoms with Gasteiger partial charge in [-0.2, -0.15) is 0 Å². The highest BCUT2D eigenvalue weighted by Crippen LogP contribution is 2.32. The van der Waals surface area contributed by atoms with Crippen molar-refractivity contribution in [3.63, 3.8) is 0 Å². The van der Waals surface area contributed by atoms with Gasteiger partial charge < -0.3 is 19.7 Å². The van der Waals surface area contributed by atoms with Crippen LogP contribution in [0.2, 0.25) is 0 Å². The minimum atomic E-state index is -0.604. The van der Waals surface area contributed by atoms with Crippen LogP contribution in [-0.4, -0.2) is 55.7 Å². The van der Waals surface area contributed by atoms with E-state index in [0.29, 0.717) is 50.0 Å². The predicted octanol–water partition coefficient (Wildman–Crippen LogP) is 3.22. The molecule has 2 heterocycles. The van der Waals surface area contributed by atoms with Gasteiger partial charge in [0, 0.05) is 38.6 Å². The quantitative estimate of drug-likeness (QED) is 0.666. The van der Waals surface area contributed by atoms with Gasteiger partial charge in [0.25, 0.3) is 0 Å². The third-order valence-corrected chi connectivity index (χ3v) is 6.32. The summed E-state index contributed by atoms with van der Waals surface area (Å²) in [5, 5.41) is 3.02. The second-order valence-corrected chi connectivity index (χ2v) is 8.56. The molecule has 2 amide bonds. The summed E-state index contributed by atoms with van der Waals surface area (Å²) in [6.45, 7) is 1.47. The van der Waals surface area contributed by atoms with Gasteiger partial charge in [-0.15, -0.1) is 0 Å². The Kier molecular flexibility index (Phi) is 7.69. The number of hydrogen-bond acceptors (Lipinski definition) is 4. The molecular formula is C23H33FN2O4. The maximum absolute atomic E-state index is 14.4. The highest BCUT2D eigenvalue weighted by atomic mass is 19.1. The fraction of sp³-hybridized carbons (Fsp3) is 0.652. The van der Waals surface area contributed by atoms with Gasteiger partial charge in [0.2, 0.25) is 11.8 Å². The summed E-state index contributed by atoms with van der Waals surface area (Å²) in [5.41, 5.74) is -0.111.